The van der Waals surface area contributed by atoms with E-state index in [4.69, 9.17) is 14.2 Å². The van der Waals surface area contributed by atoms with Crippen LogP contribution in [0.2, 0.25) is 0 Å². The normalized spacial score (nSPS) is 11.0. The fourth-order valence-electron chi connectivity index (χ4n) is 4.78. The first-order valence-corrected chi connectivity index (χ1v) is 12.9. The summed E-state index contributed by atoms with van der Waals surface area (Å²) in [5, 5.41) is 0. The lowest BCUT2D eigenvalue weighted by Crippen LogP contribution is -2.30. The molecule has 0 amide bonds. The van der Waals surface area contributed by atoms with E-state index in [1.807, 2.05) is 44.2 Å². The average molecular weight is 554 g/mol. The van der Waals surface area contributed by atoms with Crippen molar-refractivity contribution in [3.63, 3.8) is 0 Å². The predicted molar refractivity (Wildman–Crippen MR) is 153 cm³/mol. The maximum Gasteiger partial charge on any atom is 0.266 e. The van der Waals surface area contributed by atoms with Crippen LogP contribution in [0.1, 0.15) is 32.7 Å². The van der Waals surface area contributed by atoms with Crippen LogP contribution in [0.15, 0.2) is 71.7 Å². The highest BCUT2D eigenvalue weighted by Gasteiger charge is 2.22. The Bertz CT molecular complexity index is 1850. The first kappa shape index (κ1) is 27.5. The number of Topliss-reactive ketones (excluding diaryl/α,β-unsaturated/α-hetero) is 1. The van der Waals surface area contributed by atoms with E-state index in [1.54, 1.807) is 29.7 Å². The van der Waals surface area contributed by atoms with Gasteiger partial charge in [0.15, 0.2) is 28.8 Å². The van der Waals surface area contributed by atoms with Crippen molar-refractivity contribution in [1.82, 2.24) is 14.5 Å². The quantitative estimate of drug-likeness (QED) is 0.215. The van der Waals surface area contributed by atoms with Crippen molar-refractivity contribution in [3.8, 4) is 28.8 Å². The van der Waals surface area contributed by atoms with Gasteiger partial charge >= 0.3 is 0 Å². The lowest BCUT2D eigenvalue weighted by molar-refractivity contribution is 0.0990. The van der Waals surface area contributed by atoms with E-state index >= 15 is 4.39 Å². The molecule has 8 nitrogen and oxygen atoms in total. The zero-order chi connectivity index (χ0) is 29.3. The van der Waals surface area contributed by atoms with E-state index in [-0.39, 0.29) is 29.4 Å². The van der Waals surface area contributed by atoms with Crippen LogP contribution in [0.3, 0.4) is 0 Å². The third-order valence-corrected chi connectivity index (χ3v) is 7.13. The van der Waals surface area contributed by atoms with Gasteiger partial charge in [0.1, 0.15) is 5.52 Å². The number of carbonyl (C=O) groups is 1. The number of ether oxygens (including phenoxy) is 3. The summed E-state index contributed by atoms with van der Waals surface area (Å²) in [7, 11) is 2.96. The molecule has 0 N–H and O–H groups in total. The van der Waals surface area contributed by atoms with Crippen LogP contribution in [0.5, 0.6) is 23.1 Å². The molecule has 0 bridgehead atoms. The van der Waals surface area contributed by atoms with E-state index < -0.39 is 17.2 Å². The Hall–Kier alpha value is -5.05. The van der Waals surface area contributed by atoms with Crippen LogP contribution >= 0.6 is 0 Å². The number of rotatable bonds is 8. The van der Waals surface area contributed by atoms with E-state index in [2.05, 4.69) is 9.97 Å². The number of ketones is 1. The minimum absolute atomic E-state index is 0.0564. The molecule has 0 aliphatic rings. The van der Waals surface area contributed by atoms with Gasteiger partial charge in [-0.3, -0.25) is 19.1 Å². The van der Waals surface area contributed by atoms with Gasteiger partial charge in [0.05, 0.1) is 25.3 Å². The van der Waals surface area contributed by atoms with Gasteiger partial charge in [0, 0.05) is 36.1 Å². The first-order valence-electron chi connectivity index (χ1n) is 12.9. The van der Waals surface area contributed by atoms with Crippen molar-refractivity contribution in [1.29, 1.82) is 0 Å². The van der Waals surface area contributed by atoms with Crippen molar-refractivity contribution in [2.75, 3.05) is 14.2 Å². The minimum Gasteiger partial charge on any atom is -0.491 e. The monoisotopic (exact) mass is 553 g/mol. The standard InChI is InChI=1S/C32H28FN3O5/c1-18-19(2)29(32(38)36(20(18)3)22-9-7-6-8-10-22)25(37)16-21-11-12-26(23(33)15-21)41-27-13-14-34-24-17-28(39-4)31(40-5)35-30(24)27/h6-15,17H,16H2,1-5H3. The predicted octanol–water partition coefficient (Wildman–Crippen LogP) is 6.08. The molecule has 5 aromatic rings. The molecule has 0 spiro atoms. The van der Waals surface area contributed by atoms with Crippen LogP contribution in [0.4, 0.5) is 4.39 Å². The largest absolute Gasteiger partial charge is 0.491 e. The molecule has 208 valence electrons. The molecule has 9 heteroatoms. The van der Waals surface area contributed by atoms with Crippen molar-refractivity contribution >= 4 is 16.8 Å². The van der Waals surface area contributed by atoms with Gasteiger partial charge in [0.2, 0.25) is 0 Å². The summed E-state index contributed by atoms with van der Waals surface area (Å²) in [6.07, 6.45) is 1.37. The van der Waals surface area contributed by atoms with E-state index in [9.17, 15) is 9.59 Å². The fourth-order valence-corrected chi connectivity index (χ4v) is 4.78. The third-order valence-electron chi connectivity index (χ3n) is 7.13. The van der Waals surface area contributed by atoms with Gasteiger partial charge in [-0.15, -0.1) is 0 Å². The number of benzene rings is 2. The van der Waals surface area contributed by atoms with Crippen molar-refractivity contribution < 1.29 is 23.4 Å². The van der Waals surface area contributed by atoms with Crippen LogP contribution in [-0.2, 0) is 6.42 Å². The van der Waals surface area contributed by atoms with E-state index in [0.29, 0.717) is 33.6 Å². The summed E-state index contributed by atoms with van der Waals surface area (Å²) < 4.78 is 33.2. The Labute approximate surface area is 236 Å². The average Bonchev–Trinajstić information content (AvgIpc) is 2.97. The van der Waals surface area contributed by atoms with Crippen molar-refractivity contribution in [2.45, 2.75) is 27.2 Å². The Morgan fingerprint density at radius 1 is 0.902 bits per heavy atom. The molecule has 41 heavy (non-hydrogen) atoms. The van der Waals surface area contributed by atoms with Crippen LogP contribution in [0, 0.1) is 26.6 Å². The highest BCUT2D eigenvalue weighted by atomic mass is 19.1. The van der Waals surface area contributed by atoms with E-state index in [0.717, 1.165) is 11.3 Å². The number of carbonyl (C=O) groups excluding carboxylic acids is 1. The second kappa shape index (κ2) is 11.2. The molecule has 0 aliphatic carbocycles. The summed E-state index contributed by atoms with van der Waals surface area (Å²) in [5.74, 6) is -0.206. The number of nitrogens with zero attached hydrogens (tertiary/aromatic N) is 3. The molecule has 0 aliphatic heterocycles. The fraction of sp³-hybridized carbons (Fsp3) is 0.188. The second-order valence-electron chi connectivity index (χ2n) is 9.53. The molecule has 5 rings (SSSR count). The number of methoxy groups -OCH3 is 2. The summed E-state index contributed by atoms with van der Waals surface area (Å²) in [6, 6.07) is 16.7. The zero-order valence-corrected chi connectivity index (χ0v) is 23.3. The maximum absolute atomic E-state index is 15.2. The summed E-state index contributed by atoms with van der Waals surface area (Å²) in [5.41, 5.74) is 3.85. The highest BCUT2D eigenvalue weighted by Crippen LogP contribution is 2.34. The van der Waals surface area contributed by atoms with Crippen LogP contribution < -0.4 is 19.8 Å². The number of aromatic nitrogens is 3. The van der Waals surface area contributed by atoms with Gasteiger partial charge in [-0.2, -0.15) is 0 Å². The van der Waals surface area contributed by atoms with Gasteiger partial charge in [-0.25, -0.2) is 9.37 Å². The lowest BCUT2D eigenvalue weighted by Gasteiger charge is -2.17. The molecule has 0 atom stereocenters. The Balaban J connectivity index is 1.45. The Kier molecular flexibility index (Phi) is 7.52. The molecule has 3 aromatic heterocycles. The number of halogens is 1. The van der Waals surface area contributed by atoms with Crippen molar-refractivity contribution in [2.24, 2.45) is 0 Å². The Morgan fingerprint density at radius 2 is 1.66 bits per heavy atom. The molecule has 0 saturated heterocycles. The number of hydrogen-bond acceptors (Lipinski definition) is 7. The highest BCUT2D eigenvalue weighted by molar-refractivity contribution is 5.99. The smallest absolute Gasteiger partial charge is 0.266 e. The maximum atomic E-state index is 15.2. The third kappa shape index (κ3) is 5.14. The van der Waals surface area contributed by atoms with Crippen molar-refractivity contribution in [3.05, 3.63) is 111 Å². The van der Waals surface area contributed by atoms with E-state index in [1.165, 1.54) is 32.5 Å². The molecule has 0 saturated carbocycles. The number of fused-ring (bicyclic) bond motifs is 1. The van der Waals surface area contributed by atoms with Gasteiger partial charge < -0.3 is 14.2 Å². The first-order chi connectivity index (χ1) is 19.7. The summed E-state index contributed by atoms with van der Waals surface area (Å²) in [4.78, 5) is 35.7. The molecular weight excluding hydrogens is 525 g/mol. The second-order valence-corrected chi connectivity index (χ2v) is 9.53. The molecular formula is C32H28FN3O5. The zero-order valence-electron chi connectivity index (χ0n) is 23.3. The SMILES string of the molecule is COc1cc2nccc(Oc3ccc(CC(=O)c4c(C)c(C)c(C)n(-c5ccccc5)c4=O)cc3F)c2nc1OC. The molecule has 0 fully saturated rings. The van der Waals surface area contributed by atoms with Crippen LogP contribution in [0.25, 0.3) is 16.7 Å². The van der Waals surface area contributed by atoms with Gasteiger partial charge in [-0.1, -0.05) is 24.3 Å². The molecule has 2 aromatic carbocycles. The topological polar surface area (TPSA) is 92.5 Å². The van der Waals surface area contributed by atoms with Gasteiger partial charge in [0.25, 0.3) is 11.4 Å². The van der Waals surface area contributed by atoms with Crippen LogP contribution in [-0.4, -0.2) is 34.5 Å². The Morgan fingerprint density at radius 3 is 2.34 bits per heavy atom. The molecule has 0 radical (unpaired) electrons. The summed E-state index contributed by atoms with van der Waals surface area (Å²) in [6.45, 7) is 5.50. The summed E-state index contributed by atoms with van der Waals surface area (Å²) >= 11 is 0. The van der Waals surface area contributed by atoms with Gasteiger partial charge in [-0.05, 0) is 61.7 Å². The lowest BCUT2D eigenvalue weighted by atomic mass is 9.96. The number of para-hydroxylation sites is 1. The molecule has 3 heterocycles. The number of hydrogen-bond donors (Lipinski definition) is 0. The molecule has 0 unspecified atom stereocenters. The number of pyridine rings is 3. The minimum atomic E-state index is -0.667.